The van der Waals surface area contributed by atoms with Crippen LogP contribution in [-0.4, -0.2) is 30.6 Å². The van der Waals surface area contributed by atoms with Gasteiger partial charge in [0.1, 0.15) is 12.2 Å². The Balaban J connectivity index is 1.26. The number of esters is 1. The third kappa shape index (κ3) is 4.41. The fraction of sp³-hybridized carbons (Fsp3) is 0.871. The van der Waals surface area contributed by atoms with Crippen molar-refractivity contribution in [2.75, 3.05) is 6.54 Å². The number of nitrogens with one attached hydrogen (secondary N) is 1. The van der Waals surface area contributed by atoms with E-state index >= 15 is 0 Å². The van der Waals surface area contributed by atoms with Gasteiger partial charge in [0.15, 0.2) is 0 Å². The normalized spacial score (nSPS) is 44.0. The van der Waals surface area contributed by atoms with Gasteiger partial charge in [-0.1, -0.05) is 20.8 Å². The summed E-state index contributed by atoms with van der Waals surface area (Å²) >= 11 is 0. The topological polar surface area (TPSA) is 64.6 Å². The lowest BCUT2D eigenvalue weighted by atomic mass is 9.44. The Morgan fingerprint density at radius 1 is 1.06 bits per heavy atom. The largest absolute Gasteiger partial charge is 0.494 e. The zero-order chi connectivity index (χ0) is 25.8. The summed E-state index contributed by atoms with van der Waals surface area (Å²) in [6.07, 6.45) is 12.4. The fourth-order valence-corrected chi connectivity index (χ4v) is 9.94. The van der Waals surface area contributed by atoms with Crippen LogP contribution in [0.15, 0.2) is 11.3 Å². The molecular weight excluding hydrogens is 450 g/mol. The highest BCUT2D eigenvalue weighted by atomic mass is 16.5. The molecule has 1 heterocycles. The van der Waals surface area contributed by atoms with Crippen LogP contribution < -0.4 is 5.32 Å². The molecule has 0 aromatic carbocycles. The molecule has 0 bridgehead atoms. The van der Waals surface area contributed by atoms with Crippen LogP contribution in [0.1, 0.15) is 106 Å². The van der Waals surface area contributed by atoms with Crippen molar-refractivity contribution in [2.45, 2.75) is 118 Å². The van der Waals surface area contributed by atoms with E-state index in [4.69, 9.17) is 9.47 Å². The number of hydrogen-bond acceptors (Lipinski definition) is 4. The zero-order valence-corrected chi connectivity index (χ0v) is 23.5. The Bertz CT molecular complexity index is 912. The third-order valence-electron chi connectivity index (χ3n) is 11.7. The molecule has 0 aromatic rings. The molecule has 10 atom stereocenters. The van der Waals surface area contributed by atoms with Gasteiger partial charge in [-0.25, -0.2) is 0 Å². The molecule has 1 amide bonds. The third-order valence-corrected chi connectivity index (χ3v) is 11.7. The summed E-state index contributed by atoms with van der Waals surface area (Å²) in [6, 6.07) is 0. The average Bonchev–Trinajstić information content (AvgIpc) is 3.29. The summed E-state index contributed by atoms with van der Waals surface area (Å²) in [5.74, 6) is 5.32. The highest BCUT2D eigenvalue weighted by Gasteiger charge is 2.64. The average molecular weight is 500 g/mol. The first-order valence-corrected chi connectivity index (χ1v) is 14.8. The van der Waals surface area contributed by atoms with Crippen molar-refractivity contribution in [3.05, 3.63) is 11.3 Å². The molecule has 1 N–H and O–H groups in total. The molecule has 4 aliphatic carbocycles. The molecule has 1 aliphatic heterocycles. The summed E-state index contributed by atoms with van der Waals surface area (Å²) in [5.41, 5.74) is 2.29. The highest BCUT2D eigenvalue weighted by molar-refractivity contribution is 5.72. The molecule has 5 rings (SSSR count). The molecule has 0 spiro atoms. The molecule has 7 unspecified atom stereocenters. The van der Waals surface area contributed by atoms with Gasteiger partial charge in [-0.3, -0.25) is 9.59 Å². The number of carbonyl (C=O) groups excluding carboxylic acids is 2. The van der Waals surface area contributed by atoms with Gasteiger partial charge in [-0.05, 0) is 111 Å². The summed E-state index contributed by atoms with van der Waals surface area (Å²) in [6.45, 7) is 13.6. The van der Waals surface area contributed by atoms with Crippen molar-refractivity contribution < 1.29 is 19.1 Å². The maximum absolute atomic E-state index is 11.6. The standard InChI is InChI=1S/C31H49NO4/c1-18(17-32-20(3)33)7-10-27-19(2)29-28(36-27)16-26-24-9-8-22-15-23(35-21(4)34)11-13-30(22,5)25(24)12-14-31(26,29)6/h18,22-26,28-29H,7-17H2,1-6H3,(H,32,33)/t18?,22-,23?,24?,25?,26?,28?,29?,30+,31+/m1/s1. The van der Waals surface area contributed by atoms with Gasteiger partial charge in [0, 0.05) is 32.7 Å². The Morgan fingerprint density at radius 2 is 1.81 bits per heavy atom. The second-order valence-corrected chi connectivity index (χ2v) is 13.8. The van der Waals surface area contributed by atoms with E-state index in [1.165, 1.54) is 49.9 Å². The second kappa shape index (κ2) is 9.66. The fourth-order valence-electron chi connectivity index (χ4n) is 9.94. The van der Waals surface area contributed by atoms with Crippen LogP contribution in [0.3, 0.4) is 0 Å². The first-order valence-electron chi connectivity index (χ1n) is 14.8. The monoisotopic (exact) mass is 499 g/mol. The van der Waals surface area contributed by atoms with Gasteiger partial charge >= 0.3 is 5.97 Å². The van der Waals surface area contributed by atoms with Crippen LogP contribution in [0, 0.1) is 46.3 Å². The maximum Gasteiger partial charge on any atom is 0.302 e. The van der Waals surface area contributed by atoms with E-state index in [0.29, 0.717) is 34.7 Å². The number of carbonyl (C=O) groups is 2. The molecule has 5 aliphatic rings. The molecule has 202 valence electrons. The molecule has 36 heavy (non-hydrogen) atoms. The smallest absolute Gasteiger partial charge is 0.302 e. The highest BCUT2D eigenvalue weighted by Crippen LogP contribution is 2.69. The first-order chi connectivity index (χ1) is 17.0. The Morgan fingerprint density at radius 3 is 2.53 bits per heavy atom. The quantitative estimate of drug-likeness (QED) is 0.429. The van der Waals surface area contributed by atoms with Crippen molar-refractivity contribution in [1.82, 2.24) is 5.32 Å². The molecule has 0 aromatic heterocycles. The number of rotatable bonds is 6. The van der Waals surface area contributed by atoms with E-state index in [-0.39, 0.29) is 18.0 Å². The number of fused-ring (bicyclic) bond motifs is 7. The predicted octanol–water partition coefficient (Wildman–Crippen LogP) is 6.41. The minimum atomic E-state index is -0.117. The molecule has 4 saturated carbocycles. The number of allylic oxidation sites excluding steroid dienone is 1. The van der Waals surface area contributed by atoms with Crippen LogP contribution in [0.2, 0.25) is 0 Å². The second-order valence-electron chi connectivity index (χ2n) is 13.8. The van der Waals surface area contributed by atoms with E-state index < -0.39 is 0 Å². The molecular formula is C31H49NO4. The van der Waals surface area contributed by atoms with Crippen molar-refractivity contribution in [3.63, 3.8) is 0 Å². The summed E-state index contributed by atoms with van der Waals surface area (Å²) in [4.78, 5) is 22.8. The number of amides is 1. The van der Waals surface area contributed by atoms with Crippen molar-refractivity contribution in [2.24, 2.45) is 46.3 Å². The Labute approximate surface area is 218 Å². The van der Waals surface area contributed by atoms with Gasteiger partial charge < -0.3 is 14.8 Å². The van der Waals surface area contributed by atoms with Gasteiger partial charge in [0.25, 0.3) is 0 Å². The van der Waals surface area contributed by atoms with Crippen molar-refractivity contribution in [3.8, 4) is 0 Å². The Hall–Kier alpha value is -1.52. The summed E-state index contributed by atoms with van der Waals surface area (Å²) in [7, 11) is 0. The van der Waals surface area contributed by atoms with Crippen LogP contribution >= 0.6 is 0 Å². The van der Waals surface area contributed by atoms with Gasteiger partial charge in [0.05, 0.1) is 5.76 Å². The lowest BCUT2D eigenvalue weighted by Crippen LogP contribution is -2.54. The van der Waals surface area contributed by atoms with Gasteiger partial charge in [-0.15, -0.1) is 0 Å². The van der Waals surface area contributed by atoms with Crippen molar-refractivity contribution >= 4 is 11.9 Å². The predicted molar refractivity (Wildman–Crippen MR) is 141 cm³/mol. The van der Waals surface area contributed by atoms with Crippen molar-refractivity contribution in [1.29, 1.82) is 0 Å². The minimum absolute atomic E-state index is 0.0544. The molecule has 0 saturated heterocycles. The molecule has 5 heteroatoms. The van der Waals surface area contributed by atoms with E-state index in [1.54, 1.807) is 13.8 Å². The minimum Gasteiger partial charge on any atom is -0.494 e. The molecule has 0 radical (unpaired) electrons. The van der Waals surface area contributed by atoms with Gasteiger partial charge in [-0.2, -0.15) is 0 Å². The molecule has 5 nitrogen and oxygen atoms in total. The summed E-state index contributed by atoms with van der Waals surface area (Å²) < 4.78 is 12.4. The SMILES string of the molecule is CC(=O)NCC(C)CCC1=C(C)C2C(CC3C4CC[C@@H]5CC(OC(C)=O)CC[C@]5(C)C4CC[C@@]32C)O1. The Kier molecular flexibility index (Phi) is 7.00. The maximum atomic E-state index is 11.6. The van der Waals surface area contributed by atoms with E-state index in [1.807, 2.05) is 0 Å². The van der Waals surface area contributed by atoms with E-state index in [0.717, 1.165) is 50.0 Å². The van der Waals surface area contributed by atoms with Crippen LogP contribution in [0.25, 0.3) is 0 Å². The van der Waals surface area contributed by atoms with E-state index in [9.17, 15) is 9.59 Å². The van der Waals surface area contributed by atoms with Crippen LogP contribution in [0.4, 0.5) is 0 Å². The van der Waals surface area contributed by atoms with Gasteiger partial charge in [0.2, 0.25) is 5.91 Å². The molecule has 4 fully saturated rings. The number of ether oxygens (including phenoxy) is 2. The number of hydrogen-bond donors (Lipinski definition) is 1. The first kappa shape index (κ1) is 26.1. The zero-order valence-electron chi connectivity index (χ0n) is 23.5. The van der Waals surface area contributed by atoms with Crippen LogP contribution in [-0.2, 0) is 19.1 Å². The summed E-state index contributed by atoms with van der Waals surface area (Å²) in [5, 5.41) is 2.96. The van der Waals surface area contributed by atoms with E-state index in [2.05, 4.69) is 33.0 Å². The van der Waals surface area contributed by atoms with Crippen LogP contribution in [0.5, 0.6) is 0 Å². The lowest BCUT2D eigenvalue weighted by molar-refractivity contribution is -0.159. The lowest BCUT2D eigenvalue weighted by Gasteiger charge is -2.61.